The molecule has 3 rings (SSSR count). The number of carbonyl (C=O) groups is 3. The molecule has 35 heavy (non-hydrogen) atoms. The van der Waals surface area contributed by atoms with Crippen molar-refractivity contribution in [3.8, 4) is 0 Å². The van der Waals surface area contributed by atoms with Crippen LogP contribution in [0.25, 0.3) is 0 Å². The maximum Gasteiger partial charge on any atom is 0.413 e. The van der Waals surface area contributed by atoms with Gasteiger partial charge in [0.1, 0.15) is 24.0 Å². The van der Waals surface area contributed by atoms with E-state index in [1.54, 1.807) is 37.5 Å². The first kappa shape index (κ1) is 26.8. The van der Waals surface area contributed by atoms with Crippen LogP contribution in [0.2, 0.25) is 0 Å². The molecule has 9 nitrogen and oxygen atoms in total. The van der Waals surface area contributed by atoms with E-state index < -0.39 is 35.0 Å². The van der Waals surface area contributed by atoms with Crippen LogP contribution >= 0.6 is 0 Å². The van der Waals surface area contributed by atoms with Crippen LogP contribution < -0.4 is 0 Å². The minimum absolute atomic E-state index is 0.0757. The van der Waals surface area contributed by atoms with Gasteiger partial charge in [0.25, 0.3) is 5.91 Å². The molecule has 1 aromatic carbocycles. The van der Waals surface area contributed by atoms with Gasteiger partial charge in [-0.05, 0) is 33.3 Å². The zero-order valence-corrected chi connectivity index (χ0v) is 22.0. The molecular weight excluding hydrogens is 450 g/mol. The van der Waals surface area contributed by atoms with Gasteiger partial charge < -0.3 is 24.0 Å². The molecule has 2 aliphatic rings. The van der Waals surface area contributed by atoms with Gasteiger partial charge in [-0.25, -0.2) is 9.59 Å². The van der Waals surface area contributed by atoms with Gasteiger partial charge in [0, 0.05) is 31.6 Å². The molecule has 1 aromatic rings. The summed E-state index contributed by atoms with van der Waals surface area (Å²) in [6, 6.07) is 9.49. The molecule has 2 aliphatic heterocycles. The van der Waals surface area contributed by atoms with Crippen molar-refractivity contribution in [3.05, 3.63) is 35.9 Å². The quantitative estimate of drug-likeness (QED) is 0.641. The molecule has 9 heteroatoms. The summed E-state index contributed by atoms with van der Waals surface area (Å²) >= 11 is 0. The van der Waals surface area contributed by atoms with E-state index in [2.05, 4.69) is 0 Å². The van der Waals surface area contributed by atoms with Gasteiger partial charge in [0.2, 0.25) is 0 Å². The van der Waals surface area contributed by atoms with Crippen LogP contribution in [-0.4, -0.2) is 82.9 Å². The highest BCUT2D eigenvalue weighted by Gasteiger charge is 2.57. The summed E-state index contributed by atoms with van der Waals surface area (Å²) in [6.45, 7) is 14.7. The van der Waals surface area contributed by atoms with Crippen molar-refractivity contribution in [2.75, 3.05) is 32.8 Å². The van der Waals surface area contributed by atoms with Crippen molar-refractivity contribution in [3.63, 3.8) is 0 Å². The molecule has 0 saturated carbocycles. The Hall–Kier alpha value is -2.81. The fourth-order valence-electron chi connectivity index (χ4n) is 4.30. The molecule has 2 heterocycles. The fraction of sp³-hybridized carbons (Fsp3) is 0.654. The Labute approximate surface area is 208 Å². The largest absolute Gasteiger partial charge is 0.445 e. The zero-order chi connectivity index (χ0) is 26.0. The van der Waals surface area contributed by atoms with Crippen molar-refractivity contribution in [1.29, 1.82) is 0 Å². The average molecular weight is 490 g/mol. The van der Waals surface area contributed by atoms with Crippen LogP contribution in [0.3, 0.4) is 0 Å². The topological polar surface area (TPSA) is 88.6 Å². The molecule has 0 bridgehead atoms. The number of carbonyl (C=O) groups excluding carboxylic acids is 3. The van der Waals surface area contributed by atoms with E-state index in [0.717, 1.165) is 5.56 Å². The number of amides is 3. The Balaban J connectivity index is 1.66. The fourth-order valence-corrected chi connectivity index (χ4v) is 4.30. The Kier molecular flexibility index (Phi) is 7.69. The highest BCUT2D eigenvalue weighted by atomic mass is 16.6. The Bertz CT molecular complexity index is 915. The van der Waals surface area contributed by atoms with Crippen molar-refractivity contribution < 1.29 is 28.6 Å². The van der Waals surface area contributed by atoms with Crippen LogP contribution in [0.4, 0.5) is 9.59 Å². The van der Waals surface area contributed by atoms with Gasteiger partial charge in [-0.2, -0.15) is 0 Å². The number of rotatable bonds is 3. The summed E-state index contributed by atoms with van der Waals surface area (Å²) in [6.07, 6.45) is -1.59. The zero-order valence-electron chi connectivity index (χ0n) is 22.0. The van der Waals surface area contributed by atoms with Crippen LogP contribution in [-0.2, 0) is 25.6 Å². The van der Waals surface area contributed by atoms with E-state index in [4.69, 9.17) is 14.2 Å². The highest BCUT2D eigenvalue weighted by Crippen LogP contribution is 2.39. The lowest BCUT2D eigenvalue weighted by atomic mass is 9.91. The van der Waals surface area contributed by atoms with Crippen LogP contribution in [0.1, 0.15) is 54.0 Å². The monoisotopic (exact) mass is 489 g/mol. The molecule has 0 unspecified atom stereocenters. The lowest BCUT2D eigenvalue weighted by Gasteiger charge is -2.43. The maximum absolute atomic E-state index is 13.7. The predicted octanol–water partition coefficient (Wildman–Crippen LogP) is 3.87. The Morgan fingerprint density at radius 2 is 1.51 bits per heavy atom. The molecule has 0 aliphatic carbocycles. The second-order valence-electron chi connectivity index (χ2n) is 11.5. The third kappa shape index (κ3) is 6.25. The lowest BCUT2D eigenvalue weighted by molar-refractivity contribution is -0.144. The first-order chi connectivity index (χ1) is 16.2. The normalized spacial score (nSPS) is 23.3. The van der Waals surface area contributed by atoms with Crippen LogP contribution in [0, 0.1) is 5.41 Å². The van der Waals surface area contributed by atoms with Crippen molar-refractivity contribution in [2.45, 2.75) is 72.4 Å². The molecule has 2 fully saturated rings. The first-order valence-electron chi connectivity index (χ1n) is 12.1. The van der Waals surface area contributed by atoms with Crippen LogP contribution in [0.15, 0.2) is 30.3 Å². The standard InChI is InChI=1S/C26H39N3O6/c1-24(2,3)21-29(23(32)35-25(4,5)6)26(7,18-34-21)20(30)27-13-15-28(16-14-27)22(31)33-17-19-11-9-8-10-12-19/h8-12,21H,13-18H2,1-7H3/t21-,26+/m1/s1. The maximum atomic E-state index is 13.7. The van der Waals surface area contributed by atoms with E-state index in [-0.39, 0.29) is 19.1 Å². The average Bonchev–Trinajstić information content (AvgIpc) is 3.16. The number of hydrogen-bond acceptors (Lipinski definition) is 6. The molecule has 2 atom stereocenters. The molecule has 2 saturated heterocycles. The molecular formula is C26H39N3O6. The summed E-state index contributed by atoms with van der Waals surface area (Å²) < 4.78 is 17.1. The minimum atomic E-state index is -1.21. The van der Waals surface area contributed by atoms with E-state index in [1.165, 1.54) is 4.90 Å². The van der Waals surface area contributed by atoms with Gasteiger partial charge in [-0.15, -0.1) is 0 Å². The van der Waals surface area contributed by atoms with Crippen molar-refractivity contribution in [2.24, 2.45) is 5.41 Å². The molecule has 0 N–H and O–H groups in total. The van der Waals surface area contributed by atoms with E-state index in [1.807, 2.05) is 51.1 Å². The van der Waals surface area contributed by atoms with Gasteiger partial charge >= 0.3 is 12.2 Å². The Morgan fingerprint density at radius 1 is 0.943 bits per heavy atom. The number of hydrogen-bond donors (Lipinski definition) is 0. The number of piperazine rings is 1. The summed E-state index contributed by atoms with van der Waals surface area (Å²) in [4.78, 5) is 44.2. The van der Waals surface area contributed by atoms with E-state index >= 15 is 0 Å². The summed E-state index contributed by atoms with van der Waals surface area (Å²) in [5.74, 6) is -0.215. The third-order valence-electron chi connectivity index (χ3n) is 6.11. The molecule has 0 aromatic heterocycles. The molecule has 0 radical (unpaired) electrons. The van der Waals surface area contributed by atoms with Gasteiger partial charge in [-0.3, -0.25) is 9.69 Å². The molecule has 3 amide bonds. The van der Waals surface area contributed by atoms with E-state index in [9.17, 15) is 14.4 Å². The van der Waals surface area contributed by atoms with Crippen molar-refractivity contribution >= 4 is 18.1 Å². The van der Waals surface area contributed by atoms with Gasteiger partial charge in [0.05, 0.1) is 6.61 Å². The summed E-state index contributed by atoms with van der Waals surface area (Å²) in [7, 11) is 0. The van der Waals surface area contributed by atoms with Crippen LogP contribution in [0.5, 0.6) is 0 Å². The first-order valence-corrected chi connectivity index (χ1v) is 12.1. The lowest BCUT2D eigenvalue weighted by Crippen LogP contribution is -2.64. The second kappa shape index (κ2) is 10.0. The second-order valence-corrected chi connectivity index (χ2v) is 11.5. The van der Waals surface area contributed by atoms with Gasteiger partial charge in [-0.1, -0.05) is 51.1 Å². The highest BCUT2D eigenvalue weighted by molar-refractivity contribution is 5.90. The summed E-state index contributed by atoms with van der Waals surface area (Å²) in [5, 5.41) is 0. The minimum Gasteiger partial charge on any atom is -0.445 e. The van der Waals surface area contributed by atoms with E-state index in [0.29, 0.717) is 26.2 Å². The van der Waals surface area contributed by atoms with Gasteiger partial charge in [0.15, 0.2) is 0 Å². The summed E-state index contributed by atoms with van der Waals surface area (Å²) in [5.41, 5.74) is -1.43. The third-order valence-corrected chi connectivity index (χ3v) is 6.11. The number of nitrogens with zero attached hydrogens (tertiary/aromatic N) is 3. The smallest absolute Gasteiger partial charge is 0.413 e. The molecule has 0 spiro atoms. The number of ether oxygens (including phenoxy) is 3. The molecule has 194 valence electrons. The Morgan fingerprint density at radius 3 is 2.06 bits per heavy atom. The number of benzene rings is 1. The predicted molar refractivity (Wildman–Crippen MR) is 130 cm³/mol. The van der Waals surface area contributed by atoms with Crippen molar-refractivity contribution in [1.82, 2.24) is 14.7 Å². The SMILES string of the molecule is CC(C)(C)OC(=O)N1[C@@H](C(C)(C)C)OC[C@@]1(C)C(=O)N1CCN(C(=O)OCc2ccccc2)CC1.